The molecular formula is C18H26N2O4. The second-order valence-corrected chi connectivity index (χ2v) is 5.89. The molecular weight excluding hydrogens is 308 g/mol. The third-order valence-corrected chi connectivity index (χ3v) is 4.37. The van der Waals surface area contributed by atoms with E-state index in [0.29, 0.717) is 13.1 Å². The fourth-order valence-corrected chi connectivity index (χ4v) is 2.78. The van der Waals surface area contributed by atoms with E-state index in [1.165, 1.54) is 0 Å². The number of hydrogen-bond donors (Lipinski definition) is 1. The van der Waals surface area contributed by atoms with Crippen LogP contribution in [-0.4, -0.2) is 44.7 Å². The summed E-state index contributed by atoms with van der Waals surface area (Å²) in [6.45, 7) is 4.88. The van der Waals surface area contributed by atoms with Crippen molar-refractivity contribution in [2.24, 2.45) is 5.92 Å². The zero-order chi connectivity index (χ0) is 17.5. The van der Waals surface area contributed by atoms with Crippen LogP contribution >= 0.6 is 0 Å². The first kappa shape index (κ1) is 18.3. The molecule has 1 N–H and O–H groups in total. The van der Waals surface area contributed by atoms with E-state index in [1.54, 1.807) is 12.0 Å². The minimum Gasteiger partial charge on any atom is -0.497 e. The van der Waals surface area contributed by atoms with Gasteiger partial charge < -0.3 is 19.7 Å². The first-order valence-electron chi connectivity index (χ1n) is 8.42. The number of benzene rings is 1. The van der Waals surface area contributed by atoms with Gasteiger partial charge in [0.1, 0.15) is 12.4 Å². The average molecular weight is 334 g/mol. The van der Waals surface area contributed by atoms with Crippen molar-refractivity contribution in [2.75, 3.05) is 31.7 Å². The highest BCUT2D eigenvalue weighted by molar-refractivity contribution is 5.95. The Bertz CT molecular complexity index is 555. The quantitative estimate of drug-likeness (QED) is 0.828. The van der Waals surface area contributed by atoms with Crippen molar-refractivity contribution in [1.29, 1.82) is 0 Å². The zero-order valence-corrected chi connectivity index (χ0v) is 14.6. The summed E-state index contributed by atoms with van der Waals surface area (Å²) in [6.07, 6.45) is 1.44. The zero-order valence-electron chi connectivity index (χ0n) is 14.6. The van der Waals surface area contributed by atoms with Crippen molar-refractivity contribution in [3.05, 3.63) is 24.3 Å². The van der Waals surface area contributed by atoms with Gasteiger partial charge in [-0.3, -0.25) is 9.59 Å². The molecule has 1 aromatic carbocycles. The molecule has 1 fully saturated rings. The predicted molar refractivity (Wildman–Crippen MR) is 92.2 cm³/mol. The lowest BCUT2D eigenvalue weighted by Crippen LogP contribution is -2.51. The molecule has 0 saturated carbocycles. The summed E-state index contributed by atoms with van der Waals surface area (Å²) in [4.78, 5) is 25.9. The normalized spacial score (nSPS) is 17.9. The highest BCUT2D eigenvalue weighted by Crippen LogP contribution is 2.22. The second-order valence-electron chi connectivity index (χ2n) is 5.89. The van der Waals surface area contributed by atoms with Gasteiger partial charge in [-0.1, -0.05) is 13.8 Å². The van der Waals surface area contributed by atoms with Gasteiger partial charge in [-0.05, 0) is 37.1 Å². The first-order valence-corrected chi connectivity index (χ1v) is 8.42. The van der Waals surface area contributed by atoms with Crippen LogP contribution in [0.2, 0.25) is 0 Å². The number of morpholine rings is 1. The Kier molecular flexibility index (Phi) is 6.61. The van der Waals surface area contributed by atoms with Crippen LogP contribution in [-0.2, 0) is 14.3 Å². The lowest BCUT2D eigenvalue weighted by Gasteiger charge is -2.33. The van der Waals surface area contributed by atoms with Gasteiger partial charge in [0.15, 0.2) is 0 Å². The molecule has 2 rings (SSSR count). The lowest BCUT2D eigenvalue weighted by molar-refractivity contribution is -0.130. The SMILES string of the molecule is CCC(CC)C(=O)NCC1CN(c2ccc(OC)cc2)C(=O)CO1. The highest BCUT2D eigenvalue weighted by atomic mass is 16.5. The number of amides is 2. The maximum atomic E-state index is 12.1. The number of anilines is 1. The van der Waals surface area contributed by atoms with Crippen molar-refractivity contribution in [2.45, 2.75) is 32.8 Å². The average Bonchev–Trinajstić information content (AvgIpc) is 2.62. The van der Waals surface area contributed by atoms with Crippen molar-refractivity contribution in [3.63, 3.8) is 0 Å². The van der Waals surface area contributed by atoms with E-state index in [1.807, 2.05) is 38.1 Å². The van der Waals surface area contributed by atoms with Crippen LogP contribution in [0, 0.1) is 5.92 Å². The number of ether oxygens (including phenoxy) is 2. The molecule has 0 aromatic heterocycles. The van der Waals surface area contributed by atoms with Crippen LogP contribution in [0.25, 0.3) is 0 Å². The van der Waals surface area contributed by atoms with E-state index in [0.717, 1.165) is 24.3 Å². The molecule has 6 heteroatoms. The van der Waals surface area contributed by atoms with E-state index >= 15 is 0 Å². The topological polar surface area (TPSA) is 67.9 Å². The summed E-state index contributed by atoms with van der Waals surface area (Å²) < 4.78 is 10.7. The number of nitrogens with zero attached hydrogens (tertiary/aromatic N) is 1. The Morgan fingerprint density at radius 2 is 2.00 bits per heavy atom. The summed E-state index contributed by atoms with van der Waals surface area (Å²) >= 11 is 0. The molecule has 1 aliphatic heterocycles. The molecule has 0 radical (unpaired) electrons. The van der Waals surface area contributed by atoms with E-state index in [2.05, 4.69) is 5.32 Å². The Morgan fingerprint density at radius 1 is 1.33 bits per heavy atom. The molecule has 1 aliphatic rings. The van der Waals surface area contributed by atoms with E-state index in [4.69, 9.17) is 9.47 Å². The molecule has 0 spiro atoms. The Labute approximate surface area is 143 Å². The standard InChI is InChI=1S/C18H26N2O4/c1-4-13(5-2)18(22)19-10-16-11-20(17(21)12-24-16)14-6-8-15(23-3)9-7-14/h6-9,13,16H,4-5,10-12H2,1-3H3,(H,19,22). The smallest absolute Gasteiger partial charge is 0.253 e. The lowest BCUT2D eigenvalue weighted by atomic mass is 10.0. The van der Waals surface area contributed by atoms with Crippen LogP contribution < -0.4 is 15.0 Å². The van der Waals surface area contributed by atoms with Crippen LogP contribution in [0.1, 0.15) is 26.7 Å². The maximum Gasteiger partial charge on any atom is 0.253 e. The van der Waals surface area contributed by atoms with Gasteiger partial charge in [-0.2, -0.15) is 0 Å². The number of carbonyl (C=O) groups excluding carboxylic acids is 2. The number of nitrogens with one attached hydrogen (secondary N) is 1. The monoisotopic (exact) mass is 334 g/mol. The summed E-state index contributed by atoms with van der Waals surface area (Å²) in [5.41, 5.74) is 0.806. The summed E-state index contributed by atoms with van der Waals surface area (Å²) in [7, 11) is 1.60. The fourth-order valence-electron chi connectivity index (χ4n) is 2.78. The molecule has 1 saturated heterocycles. The molecule has 0 aliphatic carbocycles. The van der Waals surface area contributed by atoms with Gasteiger partial charge in [-0.25, -0.2) is 0 Å². The van der Waals surface area contributed by atoms with E-state index in [9.17, 15) is 9.59 Å². The number of hydrogen-bond acceptors (Lipinski definition) is 4. The van der Waals surface area contributed by atoms with Gasteiger partial charge in [0.25, 0.3) is 5.91 Å². The molecule has 1 aromatic rings. The van der Waals surface area contributed by atoms with E-state index in [-0.39, 0.29) is 30.4 Å². The van der Waals surface area contributed by atoms with Crippen LogP contribution in [0.15, 0.2) is 24.3 Å². The minimum atomic E-state index is -0.205. The fraction of sp³-hybridized carbons (Fsp3) is 0.556. The Morgan fingerprint density at radius 3 is 2.58 bits per heavy atom. The number of rotatable bonds is 7. The predicted octanol–water partition coefficient (Wildman–Crippen LogP) is 1.98. The van der Waals surface area contributed by atoms with Crippen LogP contribution in [0.5, 0.6) is 5.75 Å². The Balaban J connectivity index is 1.94. The van der Waals surface area contributed by atoms with Crippen LogP contribution in [0.4, 0.5) is 5.69 Å². The molecule has 1 heterocycles. The summed E-state index contributed by atoms with van der Waals surface area (Å²) in [5.74, 6) is 0.751. The minimum absolute atomic E-state index is 0.0253. The van der Waals surface area contributed by atoms with Gasteiger partial charge >= 0.3 is 0 Å². The third-order valence-electron chi connectivity index (χ3n) is 4.37. The molecule has 1 atom stereocenters. The van der Waals surface area contributed by atoms with Crippen molar-refractivity contribution in [1.82, 2.24) is 5.32 Å². The van der Waals surface area contributed by atoms with Gasteiger partial charge in [0.2, 0.25) is 5.91 Å². The maximum absolute atomic E-state index is 12.1. The highest BCUT2D eigenvalue weighted by Gasteiger charge is 2.28. The largest absolute Gasteiger partial charge is 0.497 e. The first-order chi connectivity index (χ1) is 11.6. The van der Waals surface area contributed by atoms with Crippen LogP contribution in [0.3, 0.4) is 0 Å². The molecule has 0 bridgehead atoms. The molecule has 1 unspecified atom stereocenters. The second kappa shape index (κ2) is 8.68. The summed E-state index contributed by atoms with van der Waals surface area (Å²) in [6, 6.07) is 7.34. The number of methoxy groups -OCH3 is 1. The van der Waals surface area contributed by atoms with E-state index < -0.39 is 0 Å². The number of carbonyl (C=O) groups is 2. The molecule has 24 heavy (non-hydrogen) atoms. The molecule has 6 nitrogen and oxygen atoms in total. The van der Waals surface area contributed by atoms with Gasteiger partial charge in [0.05, 0.1) is 19.8 Å². The van der Waals surface area contributed by atoms with Crippen molar-refractivity contribution < 1.29 is 19.1 Å². The van der Waals surface area contributed by atoms with Gasteiger partial charge in [0, 0.05) is 18.2 Å². The van der Waals surface area contributed by atoms with Crippen molar-refractivity contribution >= 4 is 17.5 Å². The third kappa shape index (κ3) is 4.47. The van der Waals surface area contributed by atoms with Gasteiger partial charge in [-0.15, -0.1) is 0 Å². The molecule has 2 amide bonds. The van der Waals surface area contributed by atoms with Crippen molar-refractivity contribution in [3.8, 4) is 5.75 Å². The Hall–Kier alpha value is -2.08. The summed E-state index contributed by atoms with van der Waals surface area (Å²) in [5, 5.41) is 2.94. The molecule has 132 valence electrons.